The Labute approximate surface area is 167 Å². The fraction of sp³-hybridized carbons (Fsp3) is 0.286. The summed E-state index contributed by atoms with van der Waals surface area (Å²) < 4.78 is 13.6. The lowest BCUT2D eigenvalue weighted by molar-refractivity contribution is -0.143. The number of anilines is 1. The molecule has 0 unspecified atom stereocenters. The van der Waals surface area contributed by atoms with Gasteiger partial charge in [-0.25, -0.2) is 9.18 Å². The van der Waals surface area contributed by atoms with E-state index in [1.54, 1.807) is 47.4 Å². The summed E-state index contributed by atoms with van der Waals surface area (Å²) in [4.78, 5) is 37.1. The second-order valence-corrected chi connectivity index (χ2v) is 6.88. The molecule has 0 atom stereocenters. The number of amides is 3. The first-order chi connectivity index (χ1) is 13.9. The highest BCUT2D eigenvalue weighted by Gasteiger charge is 2.26. The van der Waals surface area contributed by atoms with Gasteiger partial charge in [-0.15, -0.1) is 0 Å². The van der Waals surface area contributed by atoms with Gasteiger partial charge in [0.15, 0.2) is 0 Å². The Morgan fingerprint density at radius 1 is 1.03 bits per heavy atom. The van der Waals surface area contributed by atoms with Gasteiger partial charge in [-0.3, -0.25) is 9.59 Å². The lowest BCUT2D eigenvalue weighted by Gasteiger charge is -2.30. The molecule has 3 amide bonds. The minimum absolute atomic E-state index is 0.0797. The van der Waals surface area contributed by atoms with E-state index in [1.807, 2.05) is 0 Å². The fourth-order valence-electron chi connectivity index (χ4n) is 3.16. The lowest BCUT2D eigenvalue weighted by Crippen LogP contribution is -2.42. The number of hydrogen-bond donors (Lipinski definition) is 3. The lowest BCUT2D eigenvalue weighted by atomic mass is 9.97. The first-order valence-electron chi connectivity index (χ1n) is 9.34. The largest absolute Gasteiger partial charge is 0.481 e. The van der Waals surface area contributed by atoms with Crippen molar-refractivity contribution in [1.82, 2.24) is 10.2 Å². The van der Waals surface area contributed by atoms with Crippen molar-refractivity contribution in [2.45, 2.75) is 19.4 Å². The molecule has 1 aliphatic rings. The van der Waals surface area contributed by atoms with Gasteiger partial charge in [-0.1, -0.05) is 18.2 Å². The van der Waals surface area contributed by atoms with Gasteiger partial charge in [-0.05, 0) is 43.2 Å². The molecule has 2 aromatic carbocycles. The summed E-state index contributed by atoms with van der Waals surface area (Å²) in [7, 11) is 0. The van der Waals surface area contributed by atoms with Crippen molar-refractivity contribution in [2.24, 2.45) is 5.92 Å². The SMILES string of the molecule is O=C(NCc1ccccc1F)c1ccc(NC(=O)N2CCC(C(=O)O)CC2)cc1. The molecule has 2 aromatic rings. The van der Waals surface area contributed by atoms with E-state index < -0.39 is 11.9 Å². The third kappa shape index (κ3) is 5.31. The molecular weight excluding hydrogens is 377 g/mol. The number of carbonyl (C=O) groups excluding carboxylic acids is 2. The maximum Gasteiger partial charge on any atom is 0.321 e. The summed E-state index contributed by atoms with van der Waals surface area (Å²) >= 11 is 0. The Morgan fingerprint density at radius 3 is 2.31 bits per heavy atom. The van der Waals surface area contributed by atoms with Crippen LogP contribution in [0.3, 0.4) is 0 Å². The van der Waals surface area contributed by atoms with Crippen LogP contribution in [0.1, 0.15) is 28.8 Å². The molecule has 3 rings (SSSR count). The summed E-state index contributed by atoms with van der Waals surface area (Å²) in [6, 6.07) is 12.3. The highest BCUT2D eigenvalue weighted by atomic mass is 19.1. The topological polar surface area (TPSA) is 98.7 Å². The first-order valence-corrected chi connectivity index (χ1v) is 9.34. The number of halogens is 1. The zero-order valence-corrected chi connectivity index (χ0v) is 15.7. The number of piperidine rings is 1. The zero-order valence-electron chi connectivity index (χ0n) is 15.7. The highest BCUT2D eigenvalue weighted by molar-refractivity contribution is 5.95. The predicted octanol–water partition coefficient (Wildman–Crippen LogP) is 3.08. The summed E-state index contributed by atoms with van der Waals surface area (Å²) in [6.07, 6.45) is 0.869. The van der Waals surface area contributed by atoms with Gasteiger partial charge < -0.3 is 20.6 Å². The average molecular weight is 399 g/mol. The molecular formula is C21H22FN3O4. The number of urea groups is 1. The Bertz CT molecular complexity index is 893. The van der Waals surface area contributed by atoms with E-state index >= 15 is 0 Å². The van der Waals surface area contributed by atoms with Crippen molar-refractivity contribution in [3.8, 4) is 0 Å². The first kappa shape index (κ1) is 20.3. The van der Waals surface area contributed by atoms with Crippen molar-refractivity contribution in [3.63, 3.8) is 0 Å². The van der Waals surface area contributed by atoms with Crippen molar-refractivity contribution in [3.05, 3.63) is 65.5 Å². The van der Waals surface area contributed by atoms with Crippen LogP contribution >= 0.6 is 0 Å². The highest BCUT2D eigenvalue weighted by Crippen LogP contribution is 2.19. The molecule has 8 heteroatoms. The number of rotatable bonds is 5. The fourth-order valence-corrected chi connectivity index (χ4v) is 3.16. The van der Waals surface area contributed by atoms with Crippen molar-refractivity contribution < 1.29 is 23.9 Å². The molecule has 0 bridgehead atoms. The summed E-state index contributed by atoms with van der Waals surface area (Å²) in [5.41, 5.74) is 1.32. The number of carboxylic acids is 1. The van der Waals surface area contributed by atoms with E-state index in [1.165, 1.54) is 6.07 Å². The third-order valence-electron chi connectivity index (χ3n) is 4.93. The number of carbonyl (C=O) groups is 3. The maximum atomic E-state index is 13.6. The van der Waals surface area contributed by atoms with Crippen LogP contribution in [0.15, 0.2) is 48.5 Å². The third-order valence-corrected chi connectivity index (χ3v) is 4.93. The Hall–Kier alpha value is -3.42. The van der Waals surface area contributed by atoms with Crippen LogP contribution in [0.25, 0.3) is 0 Å². The van der Waals surface area contributed by atoms with Gasteiger partial charge >= 0.3 is 12.0 Å². The van der Waals surface area contributed by atoms with E-state index in [4.69, 9.17) is 5.11 Å². The van der Waals surface area contributed by atoms with Crippen LogP contribution in [-0.2, 0) is 11.3 Å². The number of aliphatic carboxylic acids is 1. The minimum Gasteiger partial charge on any atom is -0.481 e. The van der Waals surface area contributed by atoms with Crippen molar-refractivity contribution >= 4 is 23.6 Å². The zero-order chi connectivity index (χ0) is 20.8. The molecule has 0 aliphatic carbocycles. The van der Waals surface area contributed by atoms with Gasteiger partial charge in [0.25, 0.3) is 5.91 Å². The van der Waals surface area contributed by atoms with Gasteiger partial charge in [0, 0.05) is 36.4 Å². The van der Waals surface area contributed by atoms with E-state index in [9.17, 15) is 18.8 Å². The average Bonchev–Trinajstić information content (AvgIpc) is 2.73. The van der Waals surface area contributed by atoms with Gasteiger partial charge in [0.2, 0.25) is 0 Å². The van der Waals surface area contributed by atoms with Crippen LogP contribution in [0, 0.1) is 11.7 Å². The van der Waals surface area contributed by atoms with Crippen LogP contribution in [-0.4, -0.2) is 41.0 Å². The molecule has 7 nitrogen and oxygen atoms in total. The Morgan fingerprint density at radius 2 is 1.69 bits per heavy atom. The van der Waals surface area contributed by atoms with Crippen LogP contribution in [0.4, 0.5) is 14.9 Å². The number of hydrogen-bond acceptors (Lipinski definition) is 3. The standard InChI is InChI=1S/C21H22FN3O4/c22-18-4-2-1-3-16(18)13-23-19(26)14-5-7-17(8-6-14)24-21(29)25-11-9-15(10-12-25)20(27)28/h1-8,15H,9-13H2,(H,23,26)(H,24,29)(H,27,28). The molecule has 3 N–H and O–H groups in total. The predicted molar refractivity (Wildman–Crippen MR) is 105 cm³/mol. The van der Waals surface area contributed by atoms with Crippen LogP contribution < -0.4 is 10.6 Å². The molecule has 0 spiro atoms. The molecule has 1 fully saturated rings. The summed E-state index contributed by atoms with van der Waals surface area (Å²) in [5, 5.41) is 14.4. The monoisotopic (exact) mass is 399 g/mol. The van der Waals surface area contributed by atoms with Crippen molar-refractivity contribution in [2.75, 3.05) is 18.4 Å². The minimum atomic E-state index is -0.825. The number of nitrogens with one attached hydrogen (secondary N) is 2. The molecule has 1 heterocycles. The van der Waals surface area contributed by atoms with Gasteiger partial charge in [0.05, 0.1) is 5.92 Å². The molecule has 0 saturated carbocycles. The van der Waals surface area contributed by atoms with E-state index in [2.05, 4.69) is 10.6 Å². The smallest absolute Gasteiger partial charge is 0.321 e. The number of nitrogens with zero attached hydrogens (tertiary/aromatic N) is 1. The second kappa shape index (κ2) is 9.18. The van der Waals surface area contributed by atoms with Gasteiger partial charge in [0.1, 0.15) is 5.82 Å². The van der Waals surface area contributed by atoms with E-state index in [0.717, 1.165) is 0 Å². The number of benzene rings is 2. The number of carboxylic acid groups (broad SMARTS) is 1. The van der Waals surface area contributed by atoms with E-state index in [0.29, 0.717) is 42.7 Å². The van der Waals surface area contributed by atoms with Crippen LogP contribution in [0.2, 0.25) is 0 Å². The molecule has 0 aromatic heterocycles. The van der Waals surface area contributed by atoms with Crippen molar-refractivity contribution in [1.29, 1.82) is 0 Å². The summed E-state index contributed by atoms with van der Waals surface area (Å²) in [5.74, 6) is -1.95. The molecule has 152 valence electrons. The normalized spacial score (nSPS) is 14.3. The molecule has 1 aliphatic heterocycles. The summed E-state index contributed by atoms with van der Waals surface area (Å²) in [6.45, 7) is 0.856. The molecule has 29 heavy (non-hydrogen) atoms. The molecule has 1 saturated heterocycles. The quantitative estimate of drug-likeness (QED) is 0.720. The second-order valence-electron chi connectivity index (χ2n) is 6.88. The molecule has 0 radical (unpaired) electrons. The Kier molecular flexibility index (Phi) is 6.43. The van der Waals surface area contributed by atoms with Crippen LogP contribution in [0.5, 0.6) is 0 Å². The maximum absolute atomic E-state index is 13.6. The van der Waals surface area contributed by atoms with Gasteiger partial charge in [-0.2, -0.15) is 0 Å². The number of likely N-dealkylation sites (tertiary alicyclic amines) is 1. The van der Waals surface area contributed by atoms with E-state index in [-0.39, 0.29) is 24.3 Å². The Balaban J connectivity index is 1.50.